The molecule has 10 nitrogen and oxygen atoms in total. The molecule has 6 unspecified atom stereocenters. The number of carbonyl (C=O) groups excluding carboxylic acids is 2. The zero-order chi connectivity index (χ0) is 29.6. The average molecular weight is 571 g/mol. The van der Waals surface area contributed by atoms with E-state index in [2.05, 4.69) is 43.4 Å². The van der Waals surface area contributed by atoms with Crippen LogP contribution in [-0.2, 0) is 28.5 Å². The molecule has 0 aromatic carbocycles. The number of unbranched alkanes of at least 4 members (excludes halogenated alkanes) is 4. The summed E-state index contributed by atoms with van der Waals surface area (Å²) in [5, 5.41) is 39.4. The Labute approximate surface area is 238 Å². The summed E-state index contributed by atoms with van der Waals surface area (Å²) in [5.74, 6) is -0.891. The van der Waals surface area contributed by atoms with Gasteiger partial charge in [0.2, 0.25) is 0 Å². The number of ether oxygens (including phenoxy) is 4. The lowest BCUT2D eigenvalue weighted by Gasteiger charge is -2.39. The molecule has 1 heterocycles. The molecule has 1 saturated heterocycles. The van der Waals surface area contributed by atoms with Crippen LogP contribution in [0.4, 0.5) is 0 Å². The maximum atomic E-state index is 12.4. The Bertz CT molecular complexity index is 764. The number of rotatable bonds is 21. The number of esters is 2. The fraction of sp³-hybridized carbons (Fsp3) is 0.733. The Morgan fingerprint density at radius 1 is 0.800 bits per heavy atom. The Kier molecular flexibility index (Phi) is 20.3. The largest absolute Gasteiger partial charge is 0.462 e. The highest BCUT2D eigenvalue weighted by molar-refractivity contribution is 5.70. The van der Waals surface area contributed by atoms with Crippen LogP contribution in [0.3, 0.4) is 0 Å². The van der Waals surface area contributed by atoms with Gasteiger partial charge >= 0.3 is 11.9 Å². The summed E-state index contributed by atoms with van der Waals surface area (Å²) >= 11 is 0. The normalized spacial score (nSPS) is 24.2. The van der Waals surface area contributed by atoms with Crippen LogP contribution in [0.15, 0.2) is 36.5 Å². The molecule has 0 radical (unpaired) electrons. The van der Waals surface area contributed by atoms with Crippen molar-refractivity contribution in [2.24, 2.45) is 0 Å². The van der Waals surface area contributed by atoms with Crippen molar-refractivity contribution in [3.8, 4) is 0 Å². The topological polar surface area (TPSA) is 152 Å². The van der Waals surface area contributed by atoms with Crippen molar-refractivity contribution >= 4 is 11.9 Å². The lowest BCUT2D eigenvalue weighted by molar-refractivity contribution is -0.305. The van der Waals surface area contributed by atoms with Crippen LogP contribution < -0.4 is 0 Å². The van der Waals surface area contributed by atoms with E-state index in [0.717, 1.165) is 44.9 Å². The van der Waals surface area contributed by atoms with Gasteiger partial charge in [0.05, 0.1) is 13.2 Å². The molecule has 0 aromatic heterocycles. The zero-order valence-electron chi connectivity index (χ0n) is 24.1. The van der Waals surface area contributed by atoms with Crippen LogP contribution in [0, 0.1) is 0 Å². The minimum absolute atomic E-state index is 0.193. The number of allylic oxidation sites excluding steroid dienone is 6. The summed E-state index contributed by atoms with van der Waals surface area (Å²) in [6.07, 6.45) is 12.9. The first-order valence-electron chi connectivity index (χ1n) is 14.6. The van der Waals surface area contributed by atoms with E-state index < -0.39 is 55.4 Å². The molecule has 10 heteroatoms. The quantitative estimate of drug-likeness (QED) is 0.0919. The molecular weight excluding hydrogens is 520 g/mol. The summed E-state index contributed by atoms with van der Waals surface area (Å²) in [4.78, 5) is 24.4. The fourth-order valence-electron chi connectivity index (χ4n) is 3.88. The average Bonchev–Trinajstić information content (AvgIpc) is 2.95. The Morgan fingerprint density at radius 3 is 2.15 bits per heavy atom. The Hall–Kier alpha value is -2.08. The molecule has 1 rings (SSSR count). The summed E-state index contributed by atoms with van der Waals surface area (Å²) in [7, 11) is 0. The number of aliphatic hydroxyl groups is 4. The highest BCUT2D eigenvalue weighted by Gasteiger charge is 2.44. The van der Waals surface area contributed by atoms with Crippen LogP contribution >= 0.6 is 0 Å². The first-order chi connectivity index (χ1) is 19.3. The SMILES string of the molecule is CC/C=C\C/C=C\C/C=C\CCCCCC(=O)OC(COC(=O)CCCC)COC1OC(CO)C(O)C(O)C1O. The Morgan fingerprint density at radius 2 is 1.48 bits per heavy atom. The molecule has 0 saturated carbocycles. The number of aliphatic hydroxyl groups excluding tert-OH is 4. The first-order valence-corrected chi connectivity index (χ1v) is 14.6. The Balaban J connectivity index is 2.44. The van der Waals surface area contributed by atoms with Crippen molar-refractivity contribution in [2.75, 3.05) is 19.8 Å². The molecule has 40 heavy (non-hydrogen) atoms. The molecule has 1 aliphatic rings. The smallest absolute Gasteiger partial charge is 0.306 e. The minimum atomic E-state index is -1.59. The first kappa shape index (κ1) is 35.9. The van der Waals surface area contributed by atoms with Gasteiger partial charge in [-0.25, -0.2) is 0 Å². The third-order valence-corrected chi connectivity index (χ3v) is 6.29. The third kappa shape index (κ3) is 15.6. The predicted molar refractivity (Wildman–Crippen MR) is 150 cm³/mol. The molecule has 0 aliphatic carbocycles. The third-order valence-electron chi connectivity index (χ3n) is 6.29. The van der Waals surface area contributed by atoms with Gasteiger partial charge in [-0.1, -0.05) is 63.1 Å². The second-order valence-electron chi connectivity index (χ2n) is 9.82. The number of carbonyl (C=O) groups is 2. The monoisotopic (exact) mass is 570 g/mol. The van der Waals surface area contributed by atoms with Crippen molar-refractivity contribution in [3.05, 3.63) is 36.5 Å². The van der Waals surface area contributed by atoms with Crippen molar-refractivity contribution in [3.63, 3.8) is 0 Å². The number of hydrogen-bond donors (Lipinski definition) is 4. The second kappa shape index (κ2) is 22.6. The molecule has 0 amide bonds. The van der Waals surface area contributed by atoms with E-state index in [0.29, 0.717) is 12.8 Å². The van der Waals surface area contributed by atoms with Gasteiger partial charge in [-0.3, -0.25) is 9.59 Å². The molecular formula is C30H50O10. The number of hydrogen-bond acceptors (Lipinski definition) is 10. The predicted octanol–water partition coefficient (Wildman–Crippen LogP) is 3.26. The van der Waals surface area contributed by atoms with E-state index in [-0.39, 0.29) is 26.1 Å². The summed E-state index contributed by atoms with van der Waals surface area (Å²) in [6, 6.07) is 0. The van der Waals surface area contributed by atoms with Crippen molar-refractivity contribution < 1.29 is 49.0 Å². The van der Waals surface area contributed by atoms with Crippen LogP contribution in [0.2, 0.25) is 0 Å². The van der Waals surface area contributed by atoms with Crippen LogP contribution in [0.1, 0.15) is 84.5 Å². The zero-order valence-corrected chi connectivity index (χ0v) is 24.1. The molecule has 0 spiro atoms. The summed E-state index contributed by atoms with van der Waals surface area (Å²) in [6.45, 7) is 2.95. The fourth-order valence-corrected chi connectivity index (χ4v) is 3.88. The van der Waals surface area contributed by atoms with Gasteiger partial charge in [0.1, 0.15) is 31.0 Å². The van der Waals surface area contributed by atoms with E-state index in [4.69, 9.17) is 18.9 Å². The molecule has 0 aromatic rings. The highest BCUT2D eigenvalue weighted by Crippen LogP contribution is 2.22. The van der Waals surface area contributed by atoms with Crippen molar-refractivity contribution in [2.45, 2.75) is 121 Å². The van der Waals surface area contributed by atoms with Gasteiger partial charge < -0.3 is 39.4 Å². The molecule has 1 fully saturated rings. The second-order valence-corrected chi connectivity index (χ2v) is 9.82. The van der Waals surface area contributed by atoms with Crippen LogP contribution in [0.5, 0.6) is 0 Å². The minimum Gasteiger partial charge on any atom is -0.462 e. The van der Waals surface area contributed by atoms with E-state index >= 15 is 0 Å². The van der Waals surface area contributed by atoms with Gasteiger partial charge in [0.15, 0.2) is 12.4 Å². The highest BCUT2D eigenvalue weighted by atomic mass is 16.7. The maximum absolute atomic E-state index is 12.4. The van der Waals surface area contributed by atoms with Crippen molar-refractivity contribution in [1.29, 1.82) is 0 Å². The van der Waals surface area contributed by atoms with Gasteiger partial charge in [0.25, 0.3) is 0 Å². The van der Waals surface area contributed by atoms with Gasteiger partial charge in [-0.05, 0) is 44.9 Å². The maximum Gasteiger partial charge on any atom is 0.306 e. The molecule has 6 atom stereocenters. The van der Waals surface area contributed by atoms with Gasteiger partial charge in [0, 0.05) is 12.8 Å². The summed E-state index contributed by atoms with van der Waals surface area (Å²) < 4.78 is 21.5. The molecule has 0 bridgehead atoms. The van der Waals surface area contributed by atoms with Crippen molar-refractivity contribution in [1.82, 2.24) is 0 Å². The molecule has 230 valence electrons. The standard InChI is InChI=1S/C30H50O10/c1-3-5-7-8-9-10-11-12-13-14-15-16-17-19-26(33)39-23(21-37-25(32)18-6-4-2)22-38-30-29(36)28(35)27(34)24(20-31)40-30/h5,7,9-10,12-13,23-24,27-31,34-36H,3-4,6,8,11,14-22H2,1-2H3/b7-5-,10-9-,13-12-. The van der Waals surface area contributed by atoms with Crippen LogP contribution in [0.25, 0.3) is 0 Å². The van der Waals surface area contributed by atoms with E-state index in [1.807, 2.05) is 6.92 Å². The van der Waals surface area contributed by atoms with E-state index in [9.17, 15) is 30.0 Å². The van der Waals surface area contributed by atoms with E-state index in [1.54, 1.807) is 0 Å². The summed E-state index contributed by atoms with van der Waals surface area (Å²) in [5.41, 5.74) is 0. The van der Waals surface area contributed by atoms with Crippen LogP contribution in [-0.4, -0.2) is 89.0 Å². The molecule has 1 aliphatic heterocycles. The molecule has 4 N–H and O–H groups in total. The lowest BCUT2D eigenvalue weighted by atomic mass is 9.99. The van der Waals surface area contributed by atoms with Gasteiger partial charge in [-0.2, -0.15) is 0 Å². The lowest BCUT2D eigenvalue weighted by Crippen LogP contribution is -2.59. The van der Waals surface area contributed by atoms with E-state index in [1.165, 1.54) is 0 Å². The van der Waals surface area contributed by atoms with Gasteiger partial charge in [-0.15, -0.1) is 0 Å².